The van der Waals surface area contributed by atoms with Crippen LogP contribution in [0.5, 0.6) is 0 Å². The van der Waals surface area contributed by atoms with Crippen LogP contribution in [0, 0.1) is 0 Å². The lowest BCUT2D eigenvalue weighted by Gasteiger charge is -2.47. The van der Waals surface area contributed by atoms with Gasteiger partial charge in [-0.2, -0.15) is 0 Å². The Kier molecular flexibility index (Phi) is 3.57. The maximum Gasteiger partial charge on any atom is 0.0827 e. The molecule has 1 aromatic rings. The summed E-state index contributed by atoms with van der Waals surface area (Å²) in [6.07, 6.45) is 9.90. The summed E-state index contributed by atoms with van der Waals surface area (Å²) in [5.74, 6) is 0.688. The highest BCUT2D eigenvalue weighted by molar-refractivity contribution is 6.17. The van der Waals surface area contributed by atoms with Crippen LogP contribution in [0.2, 0.25) is 0 Å². The fourth-order valence-electron chi connectivity index (χ4n) is 3.00. The zero-order valence-corrected chi connectivity index (χ0v) is 11.4. The van der Waals surface area contributed by atoms with Crippen molar-refractivity contribution in [3.05, 3.63) is 11.9 Å². The minimum atomic E-state index is 0.172. The van der Waals surface area contributed by atoms with Crippen molar-refractivity contribution in [2.45, 2.75) is 56.6 Å². The Hall–Kier alpha value is -0.610. The Labute approximate surface area is 113 Å². The molecule has 2 aliphatic rings. The second-order valence-electron chi connectivity index (χ2n) is 5.51. The number of aryl methyl sites for hydroxylation is 1. The quantitative estimate of drug-likeness (QED) is 0.789. The molecule has 4 nitrogen and oxygen atoms in total. The molecule has 100 valence electrons. The van der Waals surface area contributed by atoms with Gasteiger partial charge in [0.15, 0.2) is 0 Å². The molecule has 1 aliphatic carbocycles. The lowest BCUT2D eigenvalue weighted by Crippen LogP contribution is -2.46. The van der Waals surface area contributed by atoms with Crippen LogP contribution < -0.4 is 0 Å². The molecule has 1 aromatic heterocycles. The zero-order chi connectivity index (χ0) is 12.4. The second kappa shape index (κ2) is 5.17. The molecule has 0 radical (unpaired) electrons. The molecule has 0 N–H and O–H groups in total. The molecule has 1 unspecified atom stereocenters. The van der Waals surface area contributed by atoms with Crippen molar-refractivity contribution in [2.75, 3.05) is 12.5 Å². The van der Waals surface area contributed by atoms with Crippen molar-refractivity contribution in [1.82, 2.24) is 15.0 Å². The zero-order valence-electron chi connectivity index (χ0n) is 10.6. The maximum absolute atomic E-state index is 5.95. The highest BCUT2D eigenvalue weighted by atomic mass is 35.5. The monoisotopic (exact) mass is 269 g/mol. The molecule has 2 heterocycles. The van der Waals surface area contributed by atoms with Gasteiger partial charge in [-0.3, -0.25) is 0 Å². The normalized spacial score (nSPS) is 26.2. The Morgan fingerprint density at radius 2 is 2.39 bits per heavy atom. The number of rotatable bonds is 4. The summed E-state index contributed by atoms with van der Waals surface area (Å²) in [5, 5.41) is 8.52. The number of halogens is 1. The Balaban J connectivity index is 1.64. The largest absolute Gasteiger partial charge is 0.375 e. The van der Waals surface area contributed by atoms with E-state index in [0.717, 1.165) is 38.0 Å². The van der Waals surface area contributed by atoms with Crippen LogP contribution in [0.4, 0.5) is 0 Å². The van der Waals surface area contributed by atoms with Crippen LogP contribution in [-0.4, -0.2) is 33.1 Å². The minimum Gasteiger partial charge on any atom is -0.375 e. The SMILES string of the molecule is ClCCCc1cn(C2CCOC3(CCC3)C2)nn1. The van der Waals surface area contributed by atoms with E-state index >= 15 is 0 Å². The van der Waals surface area contributed by atoms with Crippen LogP contribution >= 0.6 is 11.6 Å². The number of alkyl halides is 1. The molecule has 5 heteroatoms. The van der Waals surface area contributed by atoms with Crippen LogP contribution in [0.25, 0.3) is 0 Å². The van der Waals surface area contributed by atoms with Gasteiger partial charge in [0.25, 0.3) is 0 Å². The molecule has 1 saturated carbocycles. The van der Waals surface area contributed by atoms with E-state index in [9.17, 15) is 0 Å². The van der Waals surface area contributed by atoms with Gasteiger partial charge >= 0.3 is 0 Å². The van der Waals surface area contributed by atoms with Gasteiger partial charge in [0.2, 0.25) is 0 Å². The molecule has 18 heavy (non-hydrogen) atoms. The number of ether oxygens (including phenoxy) is 1. The van der Waals surface area contributed by atoms with Gasteiger partial charge in [0, 0.05) is 18.7 Å². The third-order valence-electron chi connectivity index (χ3n) is 4.23. The van der Waals surface area contributed by atoms with Crippen molar-refractivity contribution in [3.8, 4) is 0 Å². The molecule has 0 bridgehead atoms. The lowest BCUT2D eigenvalue weighted by molar-refractivity contribution is -0.141. The summed E-state index contributed by atoms with van der Waals surface area (Å²) in [6, 6.07) is 0.469. The summed E-state index contributed by atoms with van der Waals surface area (Å²) >= 11 is 5.70. The molecule has 2 fully saturated rings. The highest BCUT2D eigenvalue weighted by Crippen LogP contribution is 2.45. The molecular formula is C13H20ClN3O. The van der Waals surface area contributed by atoms with Crippen LogP contribution in [0.15, 0.2) is 6.20 Å². The van der Waals surface area contributed by atoms with Crippen LogP contribution in [-0.2, 0) is 11.2 Å². The topological polar surface area (TPSA) is 39.9 Å². The first-order valence-electron chi connectivity index (χ1n) is 6.92. The van der Waals surface area contributed by atoms with E-state index in [1.807, 2.05) is 4.68 Å². The van der Waals surface area contributed by atoms with E-state index in [1.54, 1.807) is 0 Å². The van der Waals surface area contributed by atoms with Gasteiger partial charge in [-0.15, -0.1) is 16.7 Å². The first-order valence-corrected chi connectivity index (χ1v) is 7.45. The Bertz CT molecular complexity index is 403. The van der Waals surface area contributed by atoms with E-state index in [4.69, 9.17) is 16.3 Å². The molecule has 1 spiro atoms. The van der Waals surface area contributed by atoms with Crippen LogP contribution in [0.3, 0.4) is 0 Å². The first-order chi connectivity index (χ1) is 8.81. The fraction of sp³-hybridized carbons (Fsp3) is 0.846. The van der Waals surface area contributed by atoms with E-state index in [2.05, 4.69) is 16.5 Å². The highest BCUT2D eigenvalue weighted by Gasteiger charge is 2.43. The predicted molar refractivity (Wildman–Crippen MR) is 69.9 cm³/mol. The van der Waals surface area contributed by atoms with Gasteiger partial charge in [0.1, 0.15) is 0 Å². The van der Waals surface area contributed by atoms with E-state index in [-0.39, 0.29) is 5.60 Å². The summed E-state index contributed by atoms with van der Waals surface area (Å²) in [4.78, 5) is 0. The average molecular weight is 270 g/mol. The van der Waals surface area contributed by atoms with Crippen molar-refractivity contribution < 1.29 is 4.74 Å². The van der Waals surface area contributed by atoms with Gasteiger partial charge < -0.3 is 4.74 Å². The van der Waals surface area contributed by atoms with Crippen molar-refractivity contribution in [2.24, 2.45) is 0 Å². The van der Waals surface area contributed by atoms with Crippen LogP contribution in [0.1, 0.15) is 50.3 Å². The second-order valence-corrected chi connectivity index (χ2v) is 5.89. The van der Waals surface area contributed by atoms with E-state index in [1.165, 1.54) is 19.3 Å². The van der Waals surface area contributed by atoms with E-state index in [0.29, 0.717) is 11.9 Å². The molecule has 0 amide bonds. The van der Waals surface area contributed by atoms with Gasteiger partial charge in [0.05, 0.1) is 17.3 Å². The third-order valence-corrected chi connectivity index (χ3v) is 4.50. The van der Waals surface area contributed by atoms with Crippen molar-refractivity contribution in [1.29, 1.82) is 0 Å². The van der Waals surface area contributed by atoms with Crippen molar-refractivity contribution >= 4 is 11.6 Å². The summed E-state index contributed by atoms with van der Waals surface area (Å²) in [7, 11) is 0. The number of nitrogens with zero attached hydrogens (tertiary/aromatic N) is 3. The predicted octanol–water partition coefficient (Wildman–Crippen LogP) is 2.72. The maximum atomic E-state index is 5.95. The molecular weight excluding hydrogens is 250 g/mol. The molecule has 3 rings (SSSR count). The smallest absolute Gasteiger partial charge is 0.0827 e. The summed E-state index contributed by atoms with van der Waals surface area (Å²) in [6.45, 7) is 0.863. The molecule has 1 atom stereocenters. The molecule has 1 saturated heterocycles. The average Bonchev–Trinajstić information content (AvgIpc) is 2.83. The van der Waals surface area contributed by atoms with Crippen molar-refractivity contribution in [3.63, 3.8) is 0 Å². The first kappa shape index (κ1) is 12.4. The van der Waals surface area contributed by atoms with Gasteiger partial charge in [-0.05, 0) is 44.9 Å². The Morgan fingerprint density at radius 1 is 1.50 bits per heavy atom. The standard InChI is InChI=1S/C13H20ClN3O/c14-7-1-3-11-10-17(16-15-11)12-4-8-18-13(9-12)5-2-6-13/h10,12H,1-9H2. The number of hydrogen-bond donors (Lipinski definition) is 0. The fourth-order valence-corrected chi connectivity index (χ4v) is 3.14. The number of aromatic nitrogens is 3. The van der Waals surface area contributed by atoms with Gasteiger partial charge in [-0.25, -0.2) is 4.68 Å². The van der Waals surface area contributed by atoms with Gasteiger partial charge in [-0.1, -0.05) is 5.21 Å². The Morgan fingerprint density at radius 3 is 3.11 bits per heavy atom. The summed E-state index contributed by atoms with van der Waals surface area (Å²) in [5.41, 5.74) is 1.23. The van der Waals surface area contributed by atoms with E-state index < -0.39 is 0 Å². The lowest BCUT2D eigenvalue weighted by atomic mass is 9.74. The molecule has 0 aromatic carbocycles. The summed E-state index contributed by atoms with van der Waals surface area (Å²) < 4.78 is 7.99. The molecule has 1 aliphatic heterocycles. The third kappa shape index (κ3) is 2.41. The number of hydrogen-bond acceptors (Lipinski definition) is 3. The minimum absolute atomic E-state index is 0.172.